The fourth-order valence-electron chi connectivity index (χ4n) is 3.01. The number of benzene rings is 1. The van der Waals surface area contributed by atoms with Crippen molar-refractivity contribution in [2.24, 2.45) is 0 Å². The summed E-state index contributed by atoms with van der Waals surface area (Å²) < 4.78 is 0. The molecule has 30 heavy (non-hydrogen) atoms. The standard InChI is InChI=1S/C22H21N7O/c1-15-6-8-23-19(12-15)29-20-13-18(27-14-28-20)24-10-11-26-22(30)21-17-5-3-2-4-16(17)7-9-25-21/h2-9,12-14H,10-11H2,1H3,(H,26,30)(H2,23,24,27,28,29). The van der Waals surface area contributed by atoms with E-state index in [1.807, 2.05) is 49.4 Å². The Kier molecular flexibility index (Phi) is 5.75. The molecule has 1 amide bonds. The van der Waals surface area contributed by atoms with Gasteiger partial charge in [0.15, 0.2) is 0 Å². The van der Waals surface area contributed by atoms with Gasteiger partial charge < -0.3 is 16.0 Å². The number of carbonyl (C=O) groups is 1. The summed E-state index contributed by atoms with van der Waals surface area (Å²) in [6, 6.07) is 15.2. The van der Waals surface area contributed by atoms with Gasteiger partial charge in [0.1, 0.15) is 29.5 Å². The summed E-state index contributed by atoms with van der Waals surface area (Å²) in [4.78, 5) is 29.4. The smallest absolute Gasteiger partial charge is 0.270 e. The lowest BCUT2D eigenvalue weighted by atomic mass is 10.1. The quantitative estimate of drug-likeness (QED) is 0.410. The van der Waals surface area contributed by atoms with E-state index in [2.05, 4.69) is 35.9 Å². The van der Waals surface area contributed by atoms with Crippen LogP contribution in [0.4, 0.5) is 17.5 Å². The summed E-state index contributed by atoms with van der Waals surface area (Å²) >= 11 is 0. The van der Waals surface area contributed by atoms with Crippen LogP contribution in [-0.2, 0) is 0 Å². The van der Waals surface area contributed by atoms with Gasteiger partial charge >= 0.3 is 0 Å². The molecule has 0 aliphatic heterocycles. The molecule has 4 rings (SSSR count). The number of fused-ring (bicyclic) bond motifs is 1. The molecular formula is C22H21N7O. The Hall–Kier alpha value is -4.07. The highest BCUT2D eigenvalue weighted by Gasteiger charge is 2.10. The van der Waals surface area contributed by atoms with Crippen molar-refractivity contribution >= 4 is 34.1 Å². The van der Waals surface area contributed by atoms with E-state index in [1.165, 1.54) is 6.33 Å². The number of aryl methyl sites for hydroxylation is 1. The minimum Gasteiger partial charge on any atom is -0.368 e. The first-order chi connectivity index (χ1) is 14.7. The van der Waals surface area contributed by atoms with Crippen molar-refractivity contribution in [1.82, 2.24) is 25.3 Å². The molecule has 0 bridgehead atoms. The number of pyridine rings is 2. The molecule has 150 valence electrons. The van der Waals surface area contributed by atoms with Crippen molar-refractivity contribution in [2.75, 3.05) is 23.7 Å². The number of rotatable bonds is 7. The van der Waals surface area contributed by atoms with Crippen LogP contribution in [0.5, 0.6) is 0 Å². The molecule has 3 N–H and O–H groups in total. The highest BCUT2D eigenvalue weighted by atomic mass is 16.1. The third-order valence-electron chi connectivity index (χ3n) is 4.44. The second kappa shape index (κ2) is 8.95. The van der Waals surface area contributed by atoms with Gasteiger partial charge in [0, 0.05) is 36.9 Å². The van der Waals surface area contributed by atoms with Crippen LogP contribution in [0.15, 0.2) is 67.3 Å². The molecular weight excluding hydrogens is 378 g/mol. The van der Waals surface area contributed by atoms with Crippen LogP contribution in [0.25, 0.3) is 10.8 Å². The van der Waals surface area contributed by atoms with E-state index in [-0.39, 0.29) is 5.91 Å². The molecule has 8 heteroatoms. The topological polar surface area (TPSA) is 105 Å². The van der Waals surface area contributed by atoms with E-state index >= 15 is 0 Å². The molecule has 3 aromatic heterocycles. The van der Waals surface area contributed by atoms with E-state index in [0.717, 1.165) is 22.2 Å². The van der Waals surface area contributed by atoms with E-state index in [1.54, 1.807) is 18.5 Å². The minimum atomic E-state index is -0.204. The van der Waals surface area contributed by atoms with Crippen LogP contribution in [0.3, 0.4) is 0 Å². The van der Waals surface area contributed by atoms with Gasteiger partial charge in [-0.15, -0.1) is 0 Å². The van der Waals surface area contributed by atoms with Crippen LogP contribution < -0.4 is 16.0 Å². The van der Waals surface area contributed by atoms with Gasteiger partial charge in [0.25, 0.3) is 5.91 Å². The van der Waals surface area contributed by atoms with Crippen LogP contribution >= 0.6 is 0 Å². The fourth-order valence-corrected chi connectivity index (χ4v) is 3.01. The van der Waals surface area contributed by atoms with Gasteiger partial charge in [-0.05, 0) is 36.1 Å². The highest BCUT2D eigenvalue weighted by molar-refractivity contribution is 6.05. The van der Waals surface area contributed by atoms with Crippen LogP contribution in [0.2, 0.25) is 0 Å². The molecule has 3 heterocycles. The summed E-state index contributed by atoms with van der Waals surface area (Å²) in [5.41, 5.74) is 1.53. The predicted octanol–water partition coefficient (Wildman–Crippen LogP) is 3.31. The lowest BCUT2D eigenvalue weighted by Crippen LogP contribution is -2.29. The number of nitrogens with one attached hydrogen (secondary N) is 3. The third kappa shape index (κ3) is 4.67. The zero-order chi connectivity index (χ0) is 20.8. The van der Waals surface area contributed by atoms with Gasteiger partial charge in [-0.25, -0.2) is 15.0 Å². The molecule has 0 radical (unpaired) electrons. The van der Waals surface area contributed by atoms with E-state index in [9.17, 15) is 4.79 Å². The average molecular weight is 399 g/mol. The van der Waals surface area contributed by atoms with Crippen molar-refractivity contribution in [1.29, 1.82) is 0 Å². The lowest BCUT2D eigenvalue weighted by Gasteiger charge is -2.10. The first-order valence-corrected chi connectivity index (χ1v) is 9.56. The third-order valence-corrected chi connectivity index (χ3v) is 4.44. The molecule has 8 nitrogen and oxygen atoms in total. The second-order valence-corrected chi connectivity index (χ2v) is 6.70. The maximum absolute atomic E-state index is 12.5. The van der Waals surface area contributed by atoms with Gasteiger partial charge in [-0.3, -0.25) is 9.78 Å². The number of aromatic nitrogens is 4. The molecule has 0 aliphatic carbocycles. The molecule has 1 aromatic carbocycles. The summed E-state index contributed by atoms with van der Waals surface area (Å²) in [6.07, 6.45) is 4.86. The SMILES string of the molecule is Cc1ccnc(Nc2cc(NCCNC(=O)c3nccc4ccccc34)ncn2)c1. The van der Waals surface area contributed by atoms with Gasteiger partial charge in [0.2, 0.25) is 0 Å². The Balaban J connectivity index is 1.32. The lowest BCUT2D eigenvalue weighted by molar-refractivity contribution is 0.0952. The molecule has 4 aromatic rings. The molecule has 0 spiro atoms. The fraction of sp³-hybridized carbons (Fsp3) is 0.136. The van der Waals surface area contributed by atoms with E-state index < -0.39 is 0 Å². The second-order valence-electron chi connectivity index (χ2n) is 6.70. The van der Waals surface area contributed by atoms with E-state index in [0.29, 0.717) is 30.4 Å². The Morgan fingerprint density at radius 1 is 0.867 bits per heavy atom. The Labute approximate surface area is 173 Å². The molecule has 0 atom stereocenters. The zero-order valence-corrected chi connectivity index (χ0v) is 16.5. The van der Waals surface area contributed by atoms with Gasteiger partial charge in [-0.2, -0.15) is 0 Å². The largest absolute Gasteiger partial charge is 0.368 e. The molecule has 0 aliphatic rings. The maximum Gasteiger partial charge on any atom is 0.270 e. The zero-order valence-electron chi connectivity index (χ0n) is 16.5. The Bertz CT molecular complexity index is 1170. The predicted molar refractivity (Wildman–Crippen MR) is 117 cm³/mol. The number of nitrogens with zero attached hydrogens (tertiary/aromatic N) is 4. The monoisotopic (exact) mass is 399 g/mol. The van der Waals surface area contributed by atoms with E-state index in [4.69, 9.17) is 0 Å². The number of hydrogen-bond donors (Lipinski definition) is 3. The molecule has 0 saturated heterocycles. The number of hydrogen-bond acceptors (Lipinski definition) is 7. The summed E-state index contributed by atoms with van der Waals surface area (Å²) in [7, 11) is 0. The summed E-state index contributed by atoms with van der Waals surface area (Å²) in [6.45, 7) is 2.94. The van der Waals surface area contributed by atoms with Gasteiger partial charge in [-0.1, -0.05) is 24.3 Å². The summed E-state index contributed by atoms with van der Waals surface area (Å²) in [5.74, 6) is 1.80. The number of anilines is 3. The highest BCUT2D eigenvalue weighted by Crippen LogP contribution is 2.16. The average Bonchev–Trinajstić information content (AvgIpc) is 2.76. The Morgan fingerprint density at radius 3 is 2.57 bits per heavy atom. The normalized spacial score (nSPS) is 10.6. The van der Waals surface area contributed by atoms with Crippen molar-refractivity contribution in [3.63, 3.8) is 0 Å². The Morgan fingerprint density at radius 2 is 1.67 bits per heavy atom. The van der Waals surface area contributed by atoms with Crippen molar-refractivity contribution in [3.8, 4) is 0 Å². The maximum atomic E-state index is 12.5. The van der Waals surface area contributed by atoms with Crippen LogP contribution in [0, 0.1) is 6.92 Å². The molecule has 0 saturated carbocycles. The van der Waals surface area contributed by atoms with Crippen LogP contribution in [-0.4, -0.2) is 38.9 Å². The minimum absolute atomic E-state index is 0.204. The van der Waals surface area contributed by atoms with Crippen molar-refractivity contribution < 1.29 is 4.79 Å². The molecule has 0 fully saturated rings. The van der Waals surface area contributed by atoms with Crippen molar-refractivity contribution in [3.05, 3.63) is 78.5 Å². The summed E-state index contributed by atoms with van der Waals surface area (Å²) in [5, 5.41) is 11.0. The number of carbonyl (C=O) groups excluding carboxylic acids is 1. The van der Waals surface area contributed by atoms with Gasteiger partial charge in [0.05, 0.1) is 0 Å². The first-order valence-electron chi connectivity index (χ1n) is 9.56. The number of amides is 1. The van der Waals surface area contributed by atoms with Crippen molar-refractivity contribution in [2.45, 2.75) is 6.92 Å². The van der Waals surface area contributed by atoms with Crippen LogP contribution in [0.1, 0.15) is 16.1 Å². The first kappa shape index (κ1) is 19.3. The molecule has 0 unspecified atom stereocenters.